The van der Waals surface area contributed by atoms with Crippen LogP contribution in [0.5, 0.6) is 0 Å². The van der Waals surface area contributed by atoms with Gasteiger partial charge in [0.05, 0.1) is 5.92 Å². The zero-order chi connectivity index (χ0) is 15.8. The topological polar surface area (TPSA) is 20.3 Å². The van der Waals surface area contributed by atoms with E-state index in [4.69, 9.17) is 0 Å². The van der Waals surface area contributed by atoms with E-state index in [1.807, 2.05) is 64.1 Å². The first-order chi connectivity index (χ1) is 10.7. The van der Waals surface area contributed by atoms with Gasteiger partial charge in [-0.1, -0.05) is 42.5 Å². The fourth-order valence-electron chi connectivity index (χ4n) is 1.96. The van der Waals surface area contributed by atoms with Gasteiger partial charge in [-0.05, 0) is 49.5 Å². The van der Waals surface area contributed by atoms with Crippen molar-refractivity contribution in [1.82, 2.24) is 0 Å². The molecule has 0 atom stereocenters. The molecule has 0 bridgehead atoms. The quantitative estimate of drug-likeness (QED) is 0.586. The van der Waals surface area contributed by atoms with Gasteiger partial charge in [-0.25, -0.2) is 0 Å². The summed E-state index contributed by atoms with van der Waals surface area (Å²) >= 11 is 0. The van der Waals surface area contributed by atoms with E-state index in [-0.39, 0.29) is 5.78 Å². The van der Waals surface area contributed by atoms with E-state index in [0.29, 0.717) is 0 Å². The van der Waals surface area contributed by atoms with E-state index < -0.39 is 0 Å². The summed E-state index contributed by atoms with van der Waals surface area (Å²) in [5.41, 5.74) is 2.33. The predicted molar refractivity (Wildman–Crippen MR) is 93.5 cm³/mol. The number of hydrogen-bond acceptors (Lipinski definition) is 2. The maximum Gasteiger partial charge on any atom is 0.163 e. The number of hydrogen-bond donors (Lipinski definition) is 0. The van der Waals surface area contributed by atoms with Gasteiger partial charge in [0, 0.05) is 19.8 Å². The normalized spacial score (nSPS) is 16.3. The van der Waals surface area contributed by atoms with Gasteiger partial charge >= 0.3 is 0 Å². The molecule has 0 saturated heterocycles. The van der Waals surface area contributed by atoms with Crippen molar-refractivity contribution in [2.24, 2.45) is 0 Å². The van der Waals surface area contributed by atoms with Crippen LogP contribution in [0.1, 0.15) is 5.56 Å². The molecule has 1 aromatic rings. The highest BCUT2D eigenvalue weighted by molar-refractivity contribution is 6.05. The molecule has 1 saturated carbocycles. The highest BCUT2D eigenvalue weighted by atomic mass is 16.1. The van der Waals surface area contributed by atoms with Crippen molar-refractivity contribution in [3.8, 4) is 0 Å². The van der Waals surface area contributed by atoms with Gasteiger partial charge < -0.3 is 4.90 Å². The van der Waals surface area contributed by atoms with E-state index in [0.717, 1.165) is 11.5 Å². The zero-order valence-corrected chi connectivity index (χ0v) is 12.9. The Kier molecular flexibility index (Phi) is 6.20. The second-order valence-electron chi connectivity index (χ2n) is 5.13. The van der Waals surface area contributed by atoms with Crippen LogP contribution in [-0.2, 0) is 4.79 Å². The maximum absolute atomic E-state index is 11.7. The minimum atomic E-state index is 0.0258. The zero-order valence-electron chi connectivity index (χ0n) is 12.9. The van der Waals surface area contributed by atoms with E-state index >= 15 is 0 Å². The molecule has 2 rings (SSSR count). The number of carbonyl (C=O) groups excluding carboxylic acids is 1. The molecular formula is C20H20NO. The summed E-state index contributed by atoms with van der Waals surface area (Å²) in [5, 5.41) is 0. The number of carbonyl (C=O) groups is 1. The summed E-state index contributed by atoms with van der Waals surface area (Å²) in [6.45, 7) is 0. The molecule has 2 heteroatoms. The van der Waals surface area contributed by atoms with Crippen LogP contribution in [0.15, 0.2) is 54.6 Å². The van der Waals surface area contributed by atoms with Gasteiger partial charge in [-0.3, -0.25) is 4.79 Å². The van der Waals surface area contributed by atoms with Crippen LogP contribution in [0, 0.1) is 31.6 Å². The molecule has 0 spiro atoms. The average molecular weight is 290 g/mol. The van der Waals surface area contributed by atoms with Crippen molar-refractivity contribution < 1.29 is 4.79 Å². The Morgan fingerprint density at radius 2 is 1.55 bits per heavy atom. The number of allylic oxidation sites excluding steroid dienone is 5. The molecule has 111 valence electrons. The number of nitrogens with zero attached hydrogens (tertiary/aromatic N) is 1. The third-order valence-electron chi connectivity index (χ3n) is 3.23. The van der Waals surface area contributed by atoms with E-state index in [1.165, 1.54) is 5.69 Å². The Balaban J connectivity index is 1.79. The SMILES string of the molecule is CN(C)c1ccc(/C=C/C=C/C=C/C(=O)[C]2[CH][CH][CH][CH]2)cc1. The molecular weight excluding hydrogens is 270 g/mol. The van der Waals surface area contributed by atoms with Gasteiger partial charge in [0.1, 0.15) is 0 Å². The minimum absolute atomic E-state index is 0.0258. The lowest BCUT2D eigenvalue weighted by Gasteiger charge is -2.11. The van der Waals surface area contributed by atoms with Gasteiger partial charge in [0.2, 0.25) is 0 Å². The van der Waals surface area contributed by atoms with Crippen LogP contribution in [0.3, 0.4) is 0 Å². The third kappa shape index (κ3) is 5.03. The van der Waals surface area contributed by atoms with Crippen LogP contribution in [0.2, 0.25) is 0 Å². The minimum Gasteiger partial charge on any atom is -0.378 e. The predicted octanol–water partition coefficient (Wildman–Crippen LogP) is 3.85. The second kappa shape index (κ2) is 8.38. The first kappa shape index (κ1) is 16.3. The number of benzene rings is 1. The van der Waals surface area contributed by atoms with Crippen LogP contribution >= 0.6 is 0 Å². The summed E-state index contributed by atoms with van der Waals surface area (Å²) < 4.78 is 0. The van der Waals surface area contributed by atoms with Crippen molar-refractivity contribution in [3.05, 3.63) is 91.8 Å². The van der Waals surface area contributed by atoms with Crippen LogP contribution in [-0.4, -0.2) is 19.9 Å². The van der Waals surface area contributed by atoms with Crippen molar-refractivity contribution in [3.63, 3.8) is 0 Å². The monoisotopic (exact) mass is 290 g/mol. The molecule has 1 aliphatic rings. The molecule has 22 heavy (non-hydrogen) atoms. The summed E-state index contributed by atoms with van der Waals surface area (Å²) in [6.07, 6.45) is 18.4. The van der Waals surface area contributed by atoms with Crippen LogP contribution in [0.25, 0.3) is 6.08 Å². The Morgan fingerprint density at radius 3 is 2.18 bits per heavy atom. The number of rotatable bonds is 6. The molecule has 0 N–H and O–H groups in total. The standard InChI is InChI=1S/C20H20NO/c1-21(2)19-15-13-17(14-16-19)9-5-3-4-6-12-20(22)18-10-7-8-11-18/h3-16H,1-2H3/b4-3+,9-5+,12-6+. The molecule has 0 aliphatic heterocycles. The van der Waals surface area contributed by atoms with Crippen molar-refractivity contribution in [2.45, 2.75) is 0 Å². The maximum atomic E-state index is 11.7. The molecule has 0 aromatic heterocycles. The average Bonchev–Trinajstić information content (AvgIpc) is 3.05. The van der Waals surface area contributed by atoms with E-state index in [2.05, 4.69) is 29.2 Å². The molecule has 5 radical (unpaired) electrons. The largest absolute Gasteiger partial charge is 0.378 e. The van der Waals surface area contributed by atoms with Gasteiger partial charge in [-0.2, -0.15) is 0 Å². The van der Waals surface area contributed by atoms with Gasteiger partial charge in [-0.15, -0.1) is 0 Å². The lowest BCUT2D eigenvalue weighted by Crippen LogP contribution is -2.07. The molecule has 0 amide bonds. The third-order valence-corrected chi connectivity index (χ3v) is 3.23. The highest BCUT2D eigenvalue weighted by Gasteiger charge is 2.21. The summed E-state index contributed by atoms with van der Waals surface area (Å²) in [5.74, 6) is 0.749. The Morgan fingerprint density at radius 1 is 0.909 bits per heavy atom. The lowest BCUT2D eigenvalue weighted by atomic mass is 10.0. The molecule has 1 aliphatic carbocycles. The van der Waals surface area contributed by atoms with E-state index in [9.17, 15) is 4.79 Å². The lowest BCUT2D eigenvalue weighted by molar-refractivity contribution is -0.112. The number of ketones is 1. The molecule has 1 aromatic carbocycles. The molecule has 0 heterocycles. The molecule has 1 fully saturated rings. The fourth-order valence-corrected chi connectivity index (χ4v) is 1.96. The van der Waals surface area contributed by atoms with E-state index in [1.54, 1.807) is 12.2 Å². The summed E-state index contributed by atoms with van der Waals surface area (Å²) in [6, 6.07) is 8.33. The van der Waals surface area contributed by atoms with Gasteiger partial charge in [0.15, 0.2) is 5.78 Å². The Bertz CT molecular complexity index is 558. The summed E-state index contributed by atoms with van der Waals surface area (Å²) in [4.78, 5) is 13.8. The smallest absolute Gasteiger partial charge is 0.163 e. The van der Waals surface area contributed by atoms with Crippen LogP contribution < -0.4 is 4.90 Å². The van der Waals surface area contributed by atoms with Crippen molar-refractivity contribution in [1.29, 1.82) is 0 Å². The van der Waals surface area contributed by atoms with Crippen LogP contribution in [0.4, 0.5) is 5.69 Å². The van der Waals surface area contributed by atoms with Gasteiger partial charge in [0.25, 0.3) is 0 Å². The van der Waals surface area contributed by atoms with Crippen molar-refractivity contribution >= 4 is 17.5 Å². The second-order valence-corrected chi connectivity index (χ2v) is 5.13. The fraction of sp³-hybridized carbons (Fsp3) is 0.100. The molecule has 2 nitrogen and oxygen atoms in total. The highest BCUT2D eigenvalue weighted by Crippen LogP contribution is 2.23. The summed E-state index contributed by atoms with van der Waals surface area (Å²) in [7, 11) is 4.05. The Labute approximate surface area is 133 Å². The Hall–Kier alpha value is -2.09. The van der Waals surface area contributed by atoms with Crippen molar-refractivity contribution in [2.75, 3.05) is 19.0 Å². The first-order valence-electron chi connectivity index (χ1n) is 7.21. The molecule has 0 unspecified atom stereocenters. The number of anilines is 1. The first-order valence-corrected chi connectivity index (χ1v) is 7.21.